The lowest BCUT2D eigenvalue weighted by Gasteiger charge is -2.35. The van der Waals surface area contributed by atoms with Gasteiger partial charge in [-0.25, -0.2) is 0 Å². The van der Waals surface area contributed by atoms with Gasteiger partial charge in [-0.1, -0.05) is 79.2 Å². The van der Waals surface area contributed by atoms with E-state index >= 15 is 0 Å². The van der Waals surface area contributed by atoms with Gasteiger partial charge in [0.05, 0.1) is 5.56 Å². The van der Waals surface area contributed by atoms with Crippen molar-refractivity contribution in [3.8, 4) is 5.75 Å². The summed E-state index contributed by atoms with van der Waals surface area (Å²) < 4.78 is 6.43. The minimum Gasteiger partial charge on any atom is -0.489 e. The lowest BCUT2D eigenvalue weighted by molar-refractivity contribution is 0.0895. The molecule has 2 saturated heterocycles. The van der Waals surface area contributed by atoms with Crippen LogP contribution in [0, 0.1) is 0 Å². The fourth-order valence-electron chi connectivity index (χ4n) is 5.78. The van der Waals surface area contributed by atoms with Gasteiger partial charge in [-0.15, -0.1) is 0 Å². The van der Waals surface area contributed by atoms with Crippen LogP contribution in [0.3, 0.4) is 0 Å². The highest BCUT2D eigenvalue weighted by molar-refractivity contribution is 5.96. The van der Waals surface area contributed by atoms with E-state index in [2.05, 4.69) is 75.8 Å². The molecule has 0 radical (unpaired) electrons. The van der Waals surface area contributed by atoms with E-state index in [0.717, 1.165) is 52.1 Å². The van der Waals surface area contributed by atoms with Crippen molar-refractivity contribution in [3.05, 3.63) is 102 Å². The Morgan fingerprint density at radius 1 is 0.763 bits per heavy atom. The van der Waals surface area contributed by atoms with Crippen LogP contribution in [0.2, 0.25) is 0 Å². The second kappa shape index (κ2) is 13.6. The number of likely N-dealkylation sites (tertiary alicyclic amines) is 2. The standard InChI is InChI=1S/C33H41N3O2/c37-33(34-20-25-35-21-10-3-11-22-35)30-16-8-9-17-32(30)38-29-18-23-36(24-19-29)26-31(27-12-4-1-5-13-27)28-14-6-2-7-15-28/h1-2,4-9,12-17,29,31H,3,10-11,18-26H2,(H,34,37). The molecule has 0 atom stereocenters. The van der Waals surface area contributed by atoms with Crippen LogP contribution in [0.15, 0.2) is 84.9 Å². The zero-order valence-electron chi connectivity index (χ0n) is 22.4. The van der Waals surface area contributed by atoms with E-state index in [9.17, 15) is 4.79 Å². The van der Waals surface area contributed by atoms with Crippen LogP contribution in [0.4, 0.5) is 0 Å². The first-order chi connectivity index (χ1) is 18.8. The fraction of sp³-hybridized carbons (Fsp3) is 0.424. The Hall–Kier alpha value is -3.15. The molecule has 2 fully saturated rings. The molecule has 5 rings (SSSR count). The minimum atomic E-state index is -0.0383. The number of amides is 1. The lowest BCUT2D eigenvalue weighted by atomic mass is 9.90. The Morgan fingerprint density at radius 3 is 2.03 bits per heavy atom. The van der Waals surface area contributed by atoms with Crippen LogP contribution in [-0.4, -0.2) is 67.6 Å². The van der Waals surface area contributed by atoms with Gasteiger partial charge < -0.3 is 19.9 Å². The maximum atomic E-state index is 13.0. The number of para-hydroxylation sites is 1. The Morgan fingerprint density at radius 2 is 1.37 bits per heavy atom. The lowest BCUT2D eigenvalue weighted by Crippen LogP contribution is -2.40. The van der Waals surface area contributed by atoms with Crippen molar-refractivity contribution in [1.82, 2.24) is 15.1 Å². The fourth-order valence-corrected chi connectivity index (χ4v) is 5.78. The largest absolute Gasteiger partial charge is 0.489 e. The summed E-state index contributed by atoms with van der Waals surface area (Å²) in [5.74, 6) is 1.01. The summed E-state index contributed by atoms with van der Waals surface area (Å²) in [6, 6.07) is 29.3. The molecule has 1 N–H and O–H groups in total. The molecule has 0 spiro atoms. The normalized spacial score (nSPS) is 17.4. The van der Waals surface area contributed by atoms with Crippen molar-refractivity contribution in [3.63, 3.8) is 0 Å². The molecule has 3 aromatic rings. The summed E-state index contributed by atoms with van der Waals surface area (Å²) in [7, 11) is 0. The molecule has 0 aliphatic carbocycles. The third-order valence-corrected chi connectivity index (χ3v) is 7.97. The maximum absolute atomic E-state index is 13.0. The SMILES string of the molecule is O=C(NCCN1CCCCC1)c1ccccc1OC1CCN(CC(c2ccccc2)c2ccccc2)CC1. The van der Waals surface area contributed by atoms with Crippen LogP contribution in [-0.2, 0) is 0 Å². The second-order valence-electron chi connectivity index (χ2n) is 10.6. The molecule has 38 heavy (non-hydrogen) atoms. The predicted molar refractivity (Wildman–Crippen MR) is 154 cm³/mol. The summed E-state index contributed by atoms with van der Waals surface area (Å²) in [6.07, 6.45) is 5.90. The van der Waals surface area contributed by atoms with Crippen LogP contribution < -0.4 is 10.1 Å². The summed E-state index contributed by atoms with van der Waals surface area (Å²) in [5.41, 5.74) is 3.36. The molecule has 2 heterocycles. The first kappa shape index (κ1) is 26.5. The molecule has 200 valence electrons. The minimum absolute atomic E-state index is 0.0383. The van der Waals surface area contributed by atoms with Crippen molar-refractivity contribution >= 4 is 5.91 Å². The van der Waals surface area contributed by atoms with Crippen molar-refractivity contribution in [1.29, 1.82) is 0 Å². The van der Waals surface area contributed by atoms with Crippen molar-refractivity contribution in [2.24, 2.45) is 0 Å². The number of carbonyl (C=O) groups is 1. The maximum Gasteiger partial charge on any atom is 0.255 e. The van der Waals surface area contributed by atoms with Gasteiger partial charge in [-0.2, -0.15) is 0 Å². The van der Waals surface area contributed by atoms with Gasteiger partial charge in [0.2, 0.25) is 0 Å². The van der Waals surface area contributed by atoms with E-state index in [4.69, 9.17) is 4.74 Å². The monoisotopic (exact) mass is 511 g/mol. The number of nitrogens with one attached hydrogen (secondary N) is 1. The molecule has 0 bridgehead atoms. The summed E-state index contributed by atoms with van der Waals surface area (Å²) in [6.45, 7) is 6.86. The third kappa shape index (κ3) is 7.24. The van der Waals surface area contributed by atoms with Gasteiger partial charge >= 0.3 is 0 Å². The molecule has 2 aliphatic heterocycles. The van der Waals surface area contributed by atoms with Gasteiger partial charge in [0.15, 0.2) is 0 Å². The number of hydrogen-bond acceptors (Lipinski definition) is 4. The van der Waals surface area contributed by atoms with Gasteiger partial charge in [-0.05, 0) is 62.0 Å². The molecule has 5 heteroatoms. The third-order valence-electron chi connectivity index (χ3n) is 7.97. The van der Waals surface area contributed by atoms with Gasteiger partial charge in [0, 0.05) is 38.6 Å². The molecule has 0 unspecified atom stereocenters. The smallest absolute Gasteiger partial charge is 0.255 e. The number of piperidine rings is 2. The van der Waals surface area contributed by atoms with E-state index in [0.29, 0.717) is 23.8 Å². The van der Waals surface area contributed by atoms with Crippen LogP contribution in [0.25, 0.3) is 0 Å². The number of carbonyl (C=O) groups excluding carboxylic acids is 1. The predicted octanol–water partition coefficient (Wildman–Crippen LogP) is 5.58. The van der Waals surface area contributed by atoms with E-state index in [1.807, 2.05) is 24.3 Å². The van der Waals surface area contributed by atoms with Gasteiger partial charge in [0.25, 0.3) is 5.91 Å². The molecule has 0 aromatic heterocycles. The molecule has 1 amide bonds. The zero-order chi connectivity index (χ0) is 26.0. The summed E-state index contributed by atoms with van der Waals surface area (Å²) in [4.78, 5) is 18.0. The van der Waals surface area contributed by atoms with Crippen molar-refractivity contribution in [2.45, 2.75) is 44.1 Å². The van der Waals surface area contributed by atoms with E-state index in [1.54, 1.807) is 0 Å². The average Bonchev–Trinajstić information content (AvgIpc) is 2.98. The Labute approximate surface area is 227 Å². The summed E-state index contributed by atoms with van der Waals surface area (Å²) in [5, 5.41) is 3.11. The molecular weight excluding hydrogens is 470 g/mol. The molecular formula is C33H41N3O2. The molecule has 5 nitrogen and oxygen atoms in total. The Balaban J connectivity index is 1.14. The highest BCUT2D eigenvalue weighted by Crippen LogP contribution is 2.28. The number of nitrogens with zero attached hydrogens (tertiary/aromatic N) is 2. The van der Waals surface area contributed by atoms with E-state index < -0.39 is 0 Å². The van der Waals surface area contributed by atoms with Crippen molar-refractivity contribution < 1.29 is 9.53 Å². The Bertz CT molecular complexity index is 1080. The van der Waals surface area contributed by atoms with Gasteiger partial charge in [-0.3, -0.25) is 4.79 Å². The molecule has 3 aromatic carbocycles. The van der Waals surface area contributed by atoms with Gasteiger partial charge in [0.1, 0.15) is 11.9 Å². The topological polar surface area (TPSA) is 44.8 Å². The highest BCUT2D eigenvalue weighted by atomic mass is 16.5. The highest BCUT2D eigenvalue weighted by Gasteiger charge is 2.25. The zero-order valence-corrected chi connectivity index (χ0v) is 22.4. The number of rotatable bonds is 10. The van der Waals surface area contributed by atoms with Crippen LogP contribution in [0.5, 0.6) is 5.75 Å². The van der Waals surface area contributed by atoms with E-state index in [1.165, 1.54) is 30.4 Å². The molecule has 0 saturated carbocycles. The number of ether oxygens (including phenoxy) is 1. The second-order valence-corrected chi connectivity index (χ2v) is 10.6. The van der Waals surface area contributed by atoms with E-state index in [-0.39, 0.29) is 12.0 Å². The first-order valence-electron chi connectivity index (χ1n) is 14.3. The first-order valence-corrected chi connectivity index (χ1v) is 14.3. The van der Waals surface area contributed by atoms with Crippen LogP contribution in [0.1, 0.15) is 59.5 Å². The van der Waals surface area contributed by atoms with Crippen molar-refractivity contribution in [2.75, 3.05) is 45.8 Å². The quantitative estimate of drug-likeness (QED) is 0.386. The average molecular weight is 512 g/mol. The molecule has 2 aliphatic rings. The number of hydrogen-bond donors (Lipinski definition) is 1. The van der Waals surface area contributed by atoms with Crippen LogP contribution >= 0.6 is 0 Å². The number of benzene rings is 3. The summed E-state index contributed by atoms with van der Waals surface area (Å²) >= 11 is 0. The Kier molecular flexibility index (Phi) is 9.46.